The van der Waals surface area contributed by atoms with Crippen LogP contribution in [-0.2, 0) is 4.79 Å². The second-order valence-electron chi connectivity index (χ2n) is 5.67. The van der Waals surface area contributed by atoms with E-state index in [1.165, 1.54) is 0 Å². The van der Waals surface area contributed by atoms with Crippen molar-refractivity contribution in [2.75, 3.05) is 23.3 Å². The van der Waals surface area contributed by atoms with Gasteiger partial charge in [0.1, 0.15) is 0 Å². The fourth-order valence-electron chi connectivity index (χ4n) is 2.66. The van der Waals surface area contributed by atoms with Crippen molar-refractivity contribution in [1.82, 2.24) is 5.32 Å². The number of amides is 3. The molecule has 1 unspecified atom stereocenters. The van der Waals surface area contributed by atoms with E-state index in [2.05, 4.69) is 24.5 Å². The van der Waals surface area contributed by atoms with Gasteiger partial charge in [0.05, 0.1) is 0 Å². The number of unbranched alkanes of at least 4 members (excludes halogenated alkanes) is 1. The normalized spacial score (nSPS) is 15.5. The van der Waals surface area contributed by atoms with Crippen molar-refractivity contribution >= 4 is 23.3 Å². The molecule has 1 heterocycles. The monoisotopic (exact) mass is 303 g/mol. The average molecular weight is 303 g/mol. The van der Waals surface area contributed by atoms with Crippen LogP contribution in [0.25, 0.3) is 0 Å². The molecule has 0 bridgehead atoms. The van der Waals surface area contributed by atoms with Gasteiger partial charge in [0, 0.05) is 30.4 Å². The number of carbonyl (C=O) groups is 2. The highest BCUT2D eigenvalue weighted by Gasteiger charge is 2.21. The van der Waals surface area contributed by atoms with Crippen LogP contribution in [-0.4, -0.2) is 25.0 Å². The molecule has 0 aliphatic carbocycles. The number of hydrogen-bond donors (Lipinski definition) is 2. The summed E-state index contributed by atoms with van der Waals surface area (Å²) < 4.78 is 0. The van der Waals surface area contributed by atoms with Crippen LogP contribution >= 0.6 is 0 Å². The molecule has 5 heteroatoms. The lowest BCUT2D eigenvalue weighted by molar-refractivity contribution is -0.120. The zero-order chi connectivity index (χ0) is 15.9. The summed E-state index contributed by atoms with van der Waals surface area (Å²) in [7, 11) is 0. The second kappa shape index (κ2) is 7.82. The van der Waals surface area contributed by atoms with Gasteiger partial charge >= 0.3 is 6.03 Å². The van der Waals surface area contributed by atoms with Crippen LogP contribution in [0.15, 0.2) is 24.3 Å². The van der Waals surface area contributed by atoms with Gasteiger partial charge in [-0.25, -0.2) is 4.79 Å². The Labute approximate surface area is 132 Å². The van der Waals surface area contributed by atoms with Gasteiger partial charge in [-0.15, -0.1) is 0 Å². The maximum absolute atomic E-state index is 12.3. The topological polar surface area (TPSA) is 61.4 Å². The van der Waals surface area contributed by atoms with E-state index in [1.807, 2.05) is 24.3 Å². The highest BCUT2D eigenvalue weighted by atomic mass is 16.2. The first kappa shape index (κ1) is 16.3. The third-order valence-corrected chi connectivity index (χ3v) is 4.07. The zero-order valence-electron chi connectivity index (χ0n) is 13.4. The van der Waals surface area contributed by atoms with Gasteiger partial charge in [0.15, 0.2) is 0 Å². The summed E-state index contributed by atoms with van der Waals surface area (Å²) in [5.41, 5.74) is 1.63. The zero-order valence-corrected chi connectivity index (χ0v) is 13.4. The SMILES string of the molecule is CCCCC(CC)C(=O)Nc1ccc(N2CCNC2=O)cc1. The number of carbonyl (C=O) groups excluding carboxylic acids is 2. The van der Waals surface area contributed by atoms with Crippen LogP contribution in [0.1, 0.15) is 39.5 Å². The highest BCUT2D eigenvalue weighted by molar-refractivity contribution is 5.95. The van der Waals surface area contributed by atoms with Crippen molar-refractivity contribution < 1.29 is 9.59 Å². The molecule has 1 aromatic rings. The van der Waals surface area contributed by atoms with E-state index in [9.17, 15) is 9.59 Å². The number of anilines is 2. The second-order valence-corrected chi connectivity index (χ2v) is 5.67. The molecule has 2 rings (SSSR count). The Bertz CT molecular complexity index is 513. The minimum atomic E-state index is -0.0672. The maximum atomic E-state index is 12.3. The van der Waals surface area contributed by atoms with Crippen LogP contribution in [0.5, 0.6) is 0 Å². The van der Waals surface area contributed by atoms with Crippen molar-refractivity contribution in [3.63, 3.8) is 0 Å². The summed E-state index contributed by atoms with van der Waals surface area (Å²) in [6.45, 7) is 5.54. The van der Waals surface area contributed by atoms with E-state index in [0.717, 1.165) is 37.1 Å². The predicted molar refractivity (Wildman–Crippen MR) is 89.1 cm³/mol. The smallest absolute Gasteiger partial charge is 0.321 e. The number of rotatable bonds is 7. The molecule has 22 heavy (non-hydrogen) atoms. The van der Waals surface area contributed by atoms with Gasteiger partial charge in [-0.1, -0.05) is 26.7 Å². The molecular formula is C17H25N3O2. The Hall–Kier alpha value is -2.04. The number of nitrogens with one attached hydrogen (secondary N) is 2. The minimum absolute atomic E-state index is 0.0672. The molecule has 0 spiro atoms. The van der Waals surface area contributed by atoms with E-state index in [-0.39, 0.29) is 17.9 Å². The summed E-state index contributed by atoms with van der Waals surface area (Å²) in [6, 6.07) is 7.38. The molecule has 0 radical (unpaired) electrons. The highest BCUT2D eigenvalue weighted by Crippen LogP contribution is 2.21. The molecule has 1 aromatic carbocycles. The fraction of sp³-hybridized carbons (Fsp3) is 0.529. The lowest BCUT2D eigenvalue weighted by atomic mass is 9.98. The molecule has 1 saturated heterocycles. The van der Waals surface area contributed by atoms with Gasteiger partial charge in [-0.3, -0.25) is 9.69 Å². The molecule has 2 N–H and O–H groups in total. The van der Waals surface area contributed by atoms with Gasteiger partial charge in [0.25, 0.3) is 0 Å². The number of urea groups is 1. The predicted octanol–water partition coefficient (Wildman–Crippen LogP) is 3.37. The first-order chi connectivity index (χ1) is 10.7. The summed E-state index contributed by atoms with van der Waals surface area (Å²) in [5.74, 6) is 0.159. The van der Waals surface area contributed by atoms with Crippen molar-refractivity contribution in [2.24, 2.45) is 5.92 Å². The van der Waals surface area contributed by atoms with Gasteiger partial charge in [0.2, 0.25) is 5.91 Å². The van der Waals surface area contributed by atoms with Crippen molar-refractivity contribution in [3.8, 4) is 0 Å². The van der Waals surface area contributed by atoms with Crippen LogP contribution in [0.2, 0.25) is 0 Å². The third-order valence-electron chi connectivity index (χ3n) is 4.07. The Morgan fingerprint density at radius 1 is 1.32 bits per heavy atom. The average Bonchev–Trinajstić information content (AvgIpc) is 2.95. The van der Waals surface area contributed by atoms with Crippen molar-refractivity contribution in [1.29, 1.82) is 0 Å². The third kappa shape index (κ3) is 4.00. The maximum Gasteiger partial charge on any atom is 0.321 e. The summed E-state index contributed by atoms with van der Waals surface area (Å²) in [4.78, 5) is 25.6. The first-order valence-electron chi connectivity index (χ1n) is 8.12. The van der Waals surface area contributed by atoms with Crippen LogP contribution < -0.4 is 15.5 Å². The molecule has 3 amide bonds. The Balaban J connectivity index is 1.95. The van der Waals surface area contributed by atoms with Gasteiger partial charge in [-0.2, -0.15) is 0 Å². The number of hydrogen-bond acceptors (Lipinski definition) is 2. The minimum Gasteiger partial charge on any atom is -0.336 e. The van der Waals surface area contributed by atoms with Gasteiger partial charge < -0.3 is 10.6 Å². The van der Waals surface area contributed by atoms with E-state index < -0.39 is 0 Å². The number of nitrogens with zero attached hydrogens (tertiary/aromatic N) is 1. The Morgan fingerprint density at radius 2 is 2.05 bits per heavy atom. The lowest BCUT2D eigenvalue weighted by Gasteiger charge is -2.16. The first-order valence-corrected chi connectivity index (χ1v) is 8.12. The molecule has 1 atom stereocenters. The lowest BCUT2D eigenvalue weighted by Crippen LogP contribution is -2.27. The van der Waals surface area contributed by atoms with E-state index in [1.54, 1.807) is 4.90 Å². The van der Waals surface area contributed by atoms with E-state index in [0.29, 0.717) is 13.1 Å². The molecule has 120 valence electrons. The Kier molecular flexibility index (Phi) is 5.81. The molecule has 0 aromatic heterocycles. The largest absolute Gasteiger partial charge is 0.336 e. The number of benzene rings is 1. The van der Waals surface area contributed by atoms with Crippen molar-refractivity contribution in [3.05, 3.63) is 24.3 Å². The standard InChI is InChI=1S/C17H25N3O2/c1-3-5-6-13(4-2)16(21)19-14-7-9-15(10-8-14)20-12-11-18-17(20)22/h7-10,13H,3-6,11-12H2,1-2H3,(H,18,22)(H,19,21). The van der Waals surface area contributed by atoms with Crippen molar-refractivity contribution in [2.45, 2.75) is 39.5 Å². The van der Waals surface area contributed by atoms with Crippen LogP contribution in [0.3, 0.4) is 0 Å². The molecule has 1 aliphatic rings. The molecule has 1 aliphatic heterocycles. The fourth-order valence-corrected chi connectivity index (χ4v) is 2.66. The molecule has 0 saturated carbocycles. The van der Waals surface area contributed by atoms with Gasteiger partial charge in [-0.05, 0) is 37.1 Å². The van der Waals surface area contributed by atoms with Crippen LogP contribution in [0.4, 0.5) is 16.2 Å². The Morgan fingerprint density at radius 3 is 2.59 bits per heavy atom. The summed E-state index contributed by atoms with van der Waals surface area (Å²) in [6.07, 6.45) is 3.98. The molecular weight excluding hydrogens is 278 g/mol. The van der Waals surface area contributed by atoms with E-state index >= 15 is 0 Å². The van der Waals surface area contributed by atoms with Crippen LogP contribution in [0, 0.1) is 5.92 Å². The summed E-state index contributed by atoms with van der Waals surface area (Å²) >= 11 is 0. The summed E-state index contributed by atoms with van der Waals surface area (Å²) in [5, 5.41) is 5.75. The quantitative estimate of drug-likeness (QED) is 0.811. The van der Waals surface area contributed by atoms with E-state index in [4.69, 9.17) is 0 Å². The molecule has 5 nitrogen and oxygen atoms in total. The molecule has 1 fully saturated rings.